The first kappa shape index (κ1) is 14.7. The van der Waals surface area contributed by atoms with Gasteiger partial charge in [0.2, 0.25) is 0 Å². The predicted molar refractivity (Wildman–Crippen MR) is 62.9 cm³/mol. The van der Waals surface area contributed by atoms with Gasteiger partial charge >= 0.3 is 16.5 Å². The van der Waals surface area contributed by atoms with Gasteiger partial charge in [0.15, 0.2) is 0 Å². The fourth-order valence-corrected chi connectivity index (χ4v) is 4.20. The van der Waals surface area contributed by atoms with E-state index in [2.05, 4.69) is 0 Å². The molecule has 2 rings (SSSR count). The molecule has 10 heteroatoms. The van der Waals surface area contributed by atoms with Gasteiger partial charge in [0.1, 0.15) is 0 Å². The molecule has 0 aromatic heterocycles. The maximum absolute atomic E-state index is 10.9. The third-order valence-electron chi connectivity index (χ3n) is 3.43. The lowest BCUT2D eigenvalue weighted by Crippen LogP contribution is -2.36. The lowest BCUT2D eigenvalue weighted by molar-refractivity contribution is -0.112. The van der Waals surface area contributed by atoms with Crippen molar-refractivity contribution in [1.82, 2.24) is 4.42 Å². The Bertz CT molecular complexity index is 353. The topological polar surface area (TPSA) is 96.3 Å². The SMILES string of the molecule is O=[P+](O)OC1(O[P+](=O)O)C[C@@H]2CCCN(Cl)[C@@H]2C1. The minimum Gasteiger partial charge on any atom is -0.217 e. The fraction of sp³-hybridized carbons (Fsp3) is 1.00. The molecule has 102 valence electrons. The van der Waals surface area contributed by atoms with Crippen molar-refractivity contribution >= 4 is 28.3 Å². The first-order chi connectivity index (χ1) is 8.42. The van der Waals surface area contributed by atoms with Crippen molar-refractivity contribution < 1.29 is 28.0 Å². The van der Waals surface area contributed by atoms with E-state index in [0.717, 1.165) is 19.4 Å². The number of rotatable bonds is 4. The van der Waals surface area contributed by atoms with Crippen molar-refractivity contribution in [3.8, 4) is 0 Å². The third-order valence-corrected chi connectivity index (χ3v) is 4.83. The molecule has 2 unspecified atom stereocenters. The normalized spacial score (nSPS) is 38.4. The highest BCUT2D eigenvalue weighted by molar-refractivity contribution is 7.33. The highest BCUT2D eigenvalue weighted by Crippen LogP contribution is 2.51. The van der Waals surface area contributed by atoms with E-state index >= 15 is 0 Å². The van der Waals surface area contributed by atoms with Crippen LogP contribution in [0.25, 0.3) is 0 Å². The van der Waals surface area contributed by atoms with Gasteiger partial charge in [0, 0.05) is 34.6 Å². The van der Waals surface area contributed by atoms with Crippen LogP contribution in [-0.4, -0.2) is 32.6 Å². The number of hydrogen-bond donors (Lipinski definition) is 2. The minimum atomic E-state index is -2.91. The third kappa shape index (κ3) is 3.24. The Morgan fingerprint density at radius 3 is 2.33 bits per heavy atom. The number of hydrogen-bond acceptors (Lipinski definition) is 5. The molecule has 2 fully saturated rings. The van der Waals surface area contributed by atoms with Gasteiger partial charge in [0.05, 0.1) is 0 Å². The molecule has 0 bridgehead atoms. The summed E-state index contributed by atoms with van der Waals surface area (Å²) in [6.45, 7) is 0.718. The average Bonchev–Trinajstić information content (AvgIpc) is 2.54. The zero-order valence-electron chi connectivity index (χ0n) is 9.44. The summed E-state index contributed by atoms with van der Waals surface area (Å²) in [4.78, 5) is 17.7. The summed E-state index contributed by atoms with van der Waals surface area (Å²) in [5.41, 5.74) is 0. The van der Waals surface area contributed by atoms with Crippen LogP contribution in [0.3, 0.4) is 0 Å². The van der Waals surface area contributed by atoms with Crippen molar-refractivity contribution in [2.75, 3.05) is 6.54 Å². The first-order valence-corrected chi connectivity index (χ1v) is 8.15. The maximum atomic E-state index is 10.9. The predicted octanol–water partition coefficient (Wildman–Crippen LogP) is 2.04. The van der Waals surface area contributed by atoms with Crippen LogP contribution in [0.1, 0.15) is 25.7 Å². The van der Waals surface area contributed by atoms with Crippen LogP contribution < -0.4 is 0 Å². The van der Waals surface area contributed by atoms with E-state index in [9.17, 15) is 9.13 Å². The minimum absolute atomic E-state index is 0.0645. The molecule has 2 aliphatic rings. The molecule has 1 saturated heterocycles. The Hall–Kier alpha value is 0.290. The van der Waals surface area contributed by atoms with Crippen molar-refractivity contribution in [2.24, 2.45) is 5.92 Å². The van der Waals surface area contributed by atoms with E-state index in [1.165, 1.54) is 0 Å². The van der Waals surface area contributed by atoms with Crippen LogP contribution in [-0.2, 0) is 18.2 Å². The molecule has 0 amide bonds. The van der Waals surface area contributed by atoms with E-state index in [1.54, 1.807) is 4.42 Å². The molecule has 0 aromatic rings. The Morgan fingerprint density at radius 1 is 1.22 bits per heavy atom. The van der Waals surface area contributed by atoms with Crippen molar-refractivity contribution in [2.45, 2.75) is 37.5 Å². The monoisotopic (exact) mass is 317 g/mol. The van der Waals surface area contributed by atoms with Gasteiger partial charge in [-0.05, 0) is 30.5 Å². The quantitative estimate of drug-likeness (QED) is 0.465. The van der Waals surface area contributed by atoms with E-state index in [4.69, 9.17) is 30.6 Å². The van der Waals surface area contributed by atoms with Crippen molar-refractivity contribution in [1.29, 1.82) is 0 Å². The van der Waals surface area contributed by atoms with Crippen LogP contribution in [0.4, 0.5) is 0 Å². The molecule has 0 radical (unpaired) electrons. The van der Waals surface area contributed by atoms with Gasteiger partial charge < -0.3 is 0 Å². The van der Waals surface area contributed by atoms with Crippen molar-refractivity contribution in [3.05, 3.63) is 0 Å². The molecular weight excluding hydrogens is 303 g/mol. The van der Waals surface area contributed by atoms with Gasteiger partial charge in [-0.3, -0.25) is 0 Å². The molecule has 2 N–H and O–H groups in total. The average molecular weight is 318 g/mol. The summed E-state index contributed by atoms with van der Waals surface area (Å²) in [5, 5.41) is 0. The van der Waals surface area contributed by atoms with Gasteiger partial charge in [-0.1, -0.05) is 9.05 Å². The summed E-state index contributed by atoms with van der Waals surface area (Å²) in [6, 6.07) is -0.0645. The second kappa shape index (κ2) is 5.73. The smallest absolute Gasteiger partial charge is 0.217 e. The number of halogens is 1. The van der Waals surface area contributed by atoms with Crippen LogP contribution in [0.15, 0.2) is 0 Å². The molecule has 4 atom stereocenters. The van der Waals surface area contributed by atoms with E-state index in [-0.39, 0.29) is 18.4 Å². The summed E-state index contributed by atoms with van der Waals surface area (Å²) in [5.74, 6) is -1.35. The van der Waals surface area contributed by atoms with E-state index in [1.807, 2.05) is 0 Å². The molecule has 1 heterocycles. The summed E-state index contributed by atoms with van der Waals surface area (Å²) in [7, 11) is -5.82. The Morgan fingerprint density at radius 2 is 1.83 bits per heavy atom. The largest absolute Gasteiger partial charge is 0.697 e. The second-order valence-electron chi connectivity index (χ2n) is 4.57. The molecule has 7 nitrogen and oxygen atoms in total. The maximum Gasteiger partial charge on any atom is 0.697 e. The van der Waals surface area contributed by atoms with Gasteiger partial charge in [-0.15, -0.1) is 9.79 Å². The highest BCUT2D eigenvalue weighted by Gasteiger charge is 2.59. The van der Waals surface area contributed by atoms with Gasteiger partial charge in [-0.25, -0.2) is 4.42 Å². The first-order valence-electron chi connectivity index (χ1n) is 5.55. The summed E-state index contributed by atoms with van der Waals surface area (Å²) >= 11 is 6.07. The molecular formula is C8H14ClNO6P2+2. The second-order valence-corrected chi connectivity index (χ2v) is 6.32. The molecule has 1 aliphatic carbocycles. The van der Waals surface area contributed by atoms with Gasteiger partial charge in [0.25, 0.3) is 5.79 Å². The molecule has 1 aliphatic heterocycles. The molecule has 1 saturated carbocycles. The molecule has 18 heavy (non-hydrogen) atoms. The molecule has 0 spiro atoms. The number of piperidine rings is 1. The van der Waals surface area contributed by atoms with Gasteiger partial charge in [-0.2, -0.15) is 0 Å². The lowest BCUT2D eigenvalue weighted by Gasteiger charge is -2.31. The van der Waals surface area contributed by atoms with Crippen LogP contribution in [0.5, 0.6) is 0 Å². The molecule has 0 aromatic carbocycles. The van der Waals surface area contributed by atoms with Crippen molar-refractivity contribution in [3.63, 3.8) is 0 Å². The Balaban J connectivity index is 2.16. The summed E-state index contributed by atoms with van der Waals surface area (Å²) < 4.78 is 33.1. The fourth-order valence-electron chi connectivity index (χ4n) is 2.85. The number of nitrogens with zero attached hydrogens (tertiary/aromatic N) is 1. The van der Waals surface area contributed by atoms with Crippen LogP contribution in [0.2, 0.25) is 0 Å². The summed E-state index contributed by atoms with van der Waals surface area (Å²) in [6.07, 6.45) is 2.32. The zero-order chi connectivity index (χ0) is 13.3. The number of fused-ring (bicyclic) bond motifs is 1. The van der Waals surface area contributed by atoms with E-state index in [0.29, 0.717) is 6.42 Å². The Labute approximate surface area is 111 Å². The highest BCUT2D eigenvalue weighted by atomic mass is 35.5. The zero-order valence-corrected chi connectivity index (χ0v) is 12.0. The van der Waals surface area contributed by atoms with Crippen LogP contribution >= 0.6 is 28.3 Å². The van der Waals surface area contributed by atoms with E-state index < -0.39 is 22.3 Å². The van der Waals surface area contributed by atoms with Crippen LogP contribution in [0, 0.1) is 5.92 Å². The lowest BCUT2D eigenvalue weighted by atomic mass is 9.94. The standard InChI is InChI=1S/C8H12ClNO6P2/c9-10-3-1-2-6-4-8(5-7(6)10,15-17(11)12)16-18(13)14/h6-7H,1-5H2/p+2/t6-,7+/m0/s1. The Kier molecular flexibility index (Phi) is 4.68.